The minimum absolute atomic E-state index is 0.785. The molecule has 0 nitrogen and oxygen atoms in total. The molecule has 1 heterocycles. The van der Waals surface area contributed by atoms with Crippen LogP contribution in [0.1, 0.15) is 0 Å². The van der Waals surface area contributed by atoms with Gasteiger partial charge in [-0.1, -0.05) is 76.1 Å². The van der Waals surface area contributed by atoms with E-state index in [9.17, 15) is 0 Å². The van der Waals surface area contributed by atoms with Crippen LogP contribution in [-0.4, -0.2) is 0 Å². The molecule has 5 rings (SSSR count). The molecule has 0 saturated heterocycles. The summed E-state index contributed by atoms with van der Waals surface area (Å²) in [6.45, 7) is 0. The van der Waals surface area contributed by atoms with Gasteiger partial charge < -0.3 is 0 Å². The Bertz CT molecular complexity index is 1300. The summed E-state index contributed by atoms with van der Waals surface area (Å²) < 4.78 is 3.67. The van der Waals surface area contributed by atoms with E-state index in [0.29, 0.717) is 0 Å². The molecule has 5 aromatic rings. The lowest BCUT2D eigenvalue weighted by molar-refractivity contribution is 1.57. The van der Waals surface area contributed by atoms with E-state index in [1.807, 2.05) is 23.5 Å². The van der Waals surface area contributed by atoms with E-state index in [1.165, 1.54) is 42.4 Å². The van der Waals surface area contributed by atoms with Crippen LogP contribution in [0.15, 0.2) is 89.4 Å². The minimum Gasteiger partial charge on any atom is -0.135 e. The number of rotatable bonds is 2. The molecular formula is C24H14BrClS. The Labute approximate surface area is 175 Å². The first-order valence-electron chi connectivity index (χ1n) is 8.66. The van der Waals surface area contributed by atoms with Gasteiger partial charge >= 0.3 is 0 Å². The maximum atomic E-state index is 6.19. The lowest BCUT2D eigenvalue weighted by Gasteiger charge is -2.08. The van der Waals surface area contributed by atoms with Crippen molar-refractivity contribution >= 4 is 59.0 Å². The third kappa shape index (κ3) is 3.08. The van der Waals surface area contributed by atoms with Crippen LogP contribution in [0.5, 0.6) is 0 Å². The van der Waals surface area contributed by atoms with Crippen molar-refractivity contribution in [2.75, 3.05) is 0 Å². The number of hydrogen-bond acceptors (Lipinski definition) is 1. The molecule has 130 valence electrons. The third-order valence-electron chi connectivity index (χ3n) is 4.81. The maximum absolute atomic E-state index is 6.19. The van der Waals surface area contributed by atoms with Gasteiger partial charge in [-0.05, 0) is 58.7 Å². The molecule has 0 unspecified atom stereocenters. The maximum Gasteiger partial charge on any atom is 0.0413 e. The summed E-state index contributed by atoms with van der Waals surface area (Å²) in [6, 6.07) is 29.9. The van der Waals surface area contributed by atoms with E-state index >= 15 is 0 Å². The summed E-state index contributed by atoms with van der Waals surface area (Å²) in [6.07, 6.45) is 0. The molecule has 4 aromatic carbocycles. The second kappa shape index (κ2) is 6.79. The largest absolute Gasteiger partial charge is 0.135 e. The van der Waals surface area contributed by atoms with Gasteiger partial charge in [0.15, 0.2) is 0 Å². The summed E-state index contributed by atoms with van der Waals surface area (Å²) >= 11 is 11.7. The van der Waals surface area contributed by atoms with Crippen molar-refractivity contribution < 1.29 is 0 Å². The van der Waals surface area contributed by atoms with Gasteiger partial charge in [-0.2, -0.15) is 0 Å². The van der Waals surface area contributed by atoms with Gasteiger partial charge in [-0.15, -0.1) is 11.3 Å². The molecular weight excluding hydrogens is 436 g/mol. The Morgan fingerprint density at radius 1 is 0.630 bits per heavy atom. The van der Waals surface area contributed by atoms with Gasteiger partial charge in [0.05, 0.1) is 0 Å². The van der Waals surface area contributed by atoms with Crippen molar-refractivity contribution in [1.29, 1.82) is 0 Å². The topological polar surface area (TPSA) is 0 Å². The predicted molar refractivity (Wildman–Crippen MR) is 123 cm³/mol. The van der Waals surface area contributed by atoms with Gasteiger partial charge in [0.25, 0.3) is 0 Å². The van der Waals surface area contributed by atoms with E-state index < -0.39 is 0 Å². The van der Waals surface area contributed by atoms with Crippen LogP contribution in [0.4, 0.5) is 0 Å². The molecule has 0 fully saturated rings. The number of benzene rings is 4. The van der Waals surface area contributed by atoms with E-state index in [2.05, 4.69) is 88.7 Å². The van der Waals surface area contributed by atoms with Crippen LogP contribution in [0, 0.1) is 0 Å². The zero-order chi connectivity index (χ0) is 18.4. The van der Waals surface area contributed by atoms with Gasteiger partial charge in [-0.25, -0.2) is 0 Å². The van der Waals surface area contributed by atoms with Crippen molar-refractivity contribution in [2.24, 2.45) is 0 Å². The zero-order valence-corrected chi connectivity index (χ0v) is 17.4. The molecule has 27 heavy (non-hydrogen) atoms. The van der Waals surface area contributed by atoms with Crippen LogP contribution >= 0.6 is 38.9 Å². The normalized spacial score (nSPS) is 11.3. The molecule has 0 aliphatic rings. The first kappa shape index (κ1) is 17.0. The summed E-state index contributed by atoms with van der Waals surface area (Å²) in [5.41, 5.74) is 4.87. The number of hydrogen-bond donors (Lipinski definition) is 0. The predicted octanol–water partition coefficient (Wildman–Crippen LogP) is 8.80. The lowest BCUT2D eigenvalue weighted by atomic mass is 9.98. The molecule has 0 amide bonds. The molecule has 0 aliphatic heterocycles. The quantitative estimate of drug-likeness (QED) is 0.252. The second-order valence-electron chi connectivity index (χ2n) is 6.51. The molecule has 0 aliphatic carbocycles. The number of thiophene rings is 1. The monoisotopic (exact) mass is 448 g/mol. The van der Waals surface area contributed by atoms with Crippen molar-refractivity contribution in [3.63, 3.8) is 0 Å². The van der Waals surface area contributed by atoms with Gasteiger partial charge in [0, 0.05) is 29.7 Å². The van der Waals surface area contributed by atoms with Gasteiger partial charge in [-0.3, -0.25) is 0 Å². The lowest BCUT2D eigenvalue weighted by Crippen LogP contribution is -1.82. The minimum atomic E-state index is 0.785. The van der Waals surface area contributed by atoms with Crippen LogP contribution in [0.3, 0.4) is 0 Å². The van der Waals surface area contributed by atoms with Crippen LogP contribution in [0.25, 0.3) is 42.4 Å². The highest BCUT2D eigenvalue weighted by Gasteiger charge is 2.09. The van der Waals surface area contributed by atoms with Crippen LogP contribution < -0.4 is 0 Å². The highest BCUT2D eigenvalue weighted by molar-refractivity contribution is 9.10. The zero-order valence-electron chi connectivity index (χ0n) is 14.2. The summed E-state index contributed by atoms with van der Waals surface area (Å²) in [5, 5.41) is 3.28. The van der Waals surface area contributed by atoms with E-state index in [4.69, 9.17) is 11.6 Å². The number of fused-ring (bicyclic) bond motifs is 3. The average Bonchev–Trinajstić information content (AvgIpc) is 3.05. The van der Waals surface area contributed by atoms with Crippen LogP contribution in [0.2, 0.25) is 5.02 Å². The SMILES string of the molecule is Clc1ccc2sc3cc(-c4cccc(-c5ccccc5Br)c4)ccc3c2c1. The summed E-state index contributed by atoms with van der Waals surface area (Å²) in [5.74, 6) is 0. The third-order valence-corrected chi connectivity index (χ3v) is 6.87. The molecule has 0 radical (unpaired) electrons. The fourth-order valence-corrected chi connectivity index (χ4v) is 5.30. The molecule has 3 heteroatoms. The molecule has 0 N–H and O–H groups in total. The van der Waals surface area contributed by atoms with Crippen molar-refractivity contribution in [3.05, 3.63) is 94.4 Å². The van der Waals surface area contributed by atoms with Crippen molar-refractivity contribution in [1.82, 2.24) is 0 Å². The molecule has 0 atom stereocenters. The molecule has 0 bridgehead atoms. The molecule has 0 saturated carbocycles. The summed E-state index contributed by atoms with van der Waals surface area (Å²) in [4.78, 5) is 0. The number of halogens is 2. The summed E-state index contributed by atoms with van der Waals surface area (Å²) in [7, 11) is 0. The standard InChI is InChI=1S/C24H14BrClS/c25-22-7-2-1-6-19(22)17-5-3-4-15(12-17)16-8-10-20-21-14-18(26)9-11-23(21)27-24(20)13-16/h1-14H. The Morgan fingerprint density at radius 3 is 2.33 bits per heavy atom. The highest BCUT2D eigenvalue weighted by atomic mass is 79.9. The Morgan fingerprint density at radius 2 is 1.44 bits per heavy atom. The van der Waals surface area contributed by atoms with Gasteiger partial charge in [0.2, 0.25) is 0 Å². The van der Waals surface area contributed by atoms with Gasteiger partial charge in [0.1, 0.15) is 0 Å². The van der Waals surface area contributed by atoms with E-state index in [-0.39, 0.29) is 0 Å². The average molecular weight is 450 g/mol. The van der Waals surface area contributed by atoms with Crippen LogP contribution in [-0.2, 0) is 0 Å². The Kier molecular flexibility index (Phi) is 4.28. The highest BCUT2D eigenvalue weighted by Crippen LogP contribution is 2.38. The smallest absolute Gasteiger partial charge is 0.0413 e. The fraction of sp³-hybridized carbons (Fsp3) is 0. The fourth-order valence-electron chi connectivity index (χ4n) is 3.49. The Hall–Kier alpha value is -2.13. The Balaban J connectivity index is 1.64. The van der Waals surface area contributed by atoms with Crippen molar-refractivity contribution in [2.45, 2.75) is 0 Å². The first-order chi connectivity index (χ1) is 13.2. The molecule has 0 spiro atoms. The first-order valence-corrected chi connectivity index (χ1v) is 10.6. The second-order valence-corrected chi connectivity index (χ2v) is 8.89. The van der Waals surface area contributed by atoms with Crippen molar-refractivity contribution in [3.8, 4) is 22.3 Å². The van der Waals surface area contributed by atoms with E-state index in [1.54, 1.807) is 0 Å². The molecule has 1 aromatic heterocycles. The van der Waals surface area contributed by atoms with E-state index in [0.717, 1.165) is 9.50 Å².